The van der Waals surface area contributed by atoms with E-state index in [1.807, 2.05) is 6.92 Å². The third kappa shape index (κ3) is 8.13. The molecule has 0 heterocycles. The zero-order valence-electron chi connectivity index (χ0n) is 27.0. The lowest BCUT2D eigenvalue weighted by Crippen LogP contribution is -2.51. The number of nitrogens with one attached hydrogen (secondary N) is 1. The number of ether oxygens (including phenoxy) is 1. The fourth-order valence-corrected chi connectivity index (χ4v) is 8.95. The van der Waals surface area contributed by atoms with Crippen molar-refractivity contribution >= 4 is 11.8 Å². The molecule has 0 aliphatic heterocycles. The van der Waals surface area contributed by atoms with Crippen molar-refractivity contribution in [3.8, 4) is 0 Å². The molecule has 4 aliphatic rings. The number of rotatable bonds is 11. The number of carbonyl (C=O) groups is 1. The lowest BCUT2D eigenvalue weighted by Gasteiger charge is -2.58. The molecule has 0 unspecified atom stereocenters. The molecule has 4 aliphatic carbocycles. The van der Waals surface area contributed by atoms with Crippen LogP contribution in [0.4, 0.5) is 18.0 Å². The van der Waals surface area contributed by atoms with E-state index in [0.717, 1.165) is 68.1 Å². The lowest BCUT2D eigenvalue weighted by molar-refractivity contribution is -0.869. The molecule has 246 valence electrons. The highest BCUT2D eigenvalue weighted by molar-refractivity contribution is 5.85. The Hall–Kier alpha value is -1.69. The van der Waals surface area contributed by atoms with Gasteiger partial charge in [0.05, 0.1) is 46.1 Å². The summed E-state index contributed by atoms with van der Waals surface area (Å²) in [5.41, 5.74) is 2.50. The summed E-state index contributed by atoms with van der Waals surface area (Å²) in [6.07, 6.45) is 4.80. The molecule has 0 aromatic carbocycles. The van der Waals surface area contributed by atoms with Gasteiger partial charge in [0, 0.05) is 32.1 Å². The van der Waals surface area contributed by atoms with Gasteiger partial charge in [0.15, 0.2) is 0 Å². The molecule has 1 amide bonds. The van der Waals surface area contributed by atoms with Crippen LogP contribution in [0.15, 0.2) is 16.8 Å². The van der Waals surface area contributed by atoms with Gasteiger partial charge in [0.25, 0.3) is 0 Å². The number of likely N-dealkylation sites (N-methyl/N-ethyl adjacent to an activating group) is 1. The second-order valence-electron chi connectivity index (χ2n) is 14.9. The van der Waals surface area contributed by atoms with Crippen LogP contribution < -0.4 is 5.32 Å². The van der Waals surface area contributed by atoms with E-state index in [-0.39, 0.29) is 35.9 Å². The smallest absolute Gasteiger partial charge is 0.389 e. The average Bonchev–Trinajstić information content (AvgIpc) is 3.27. The Morgan fingerprint density at radius 1 is 1.09 bits per heavy atom. The fraction of sp³-hybridized carbons (Fsp3) is 0.875. The molecule has 0 aromatic heterocycles. The number of hydrogen-bond donors (Lipinski definition) is 2. The van der Waals surface area contributed by atoms with Gasteiger partial charge in [-0.2, -0.15) is 0 Å². The summed E-state index contributed by atoms with van der Waals surface area (Å²) < 4.78 is 42.5. The van der Waals surface area contributed by atoms with Crippen LogP contribution in [0.2, 0.25) is 0 Å². The van der Waals surface area contributed by atoms with Crippen molar-refractivity contribution in [3.05, 3.63) is 11.6 Å². The maximum absolute atomic E-state index is 13.0. The minimum absolute atomic E-state index is 0.0721. The van der Waals surface area contributed by atoms with E-state index in [1.165, 1.54) is 10.5 Å². The molecule has 8 nitrogen and oxygen atoms in total. The van der Waals surface area contributed by atoms with Crippen LogP contribution >= 0.6 is 0 Å². The molecule has 3 fully saturated rings. The molecule has 0 aromatic rings. The normalized spacial score (nSPS) is 34.6. The number of allylic oxidation sites excluding steroid dienone is 1. The van der Waals surface area contributed by atoms with Crippen LogP contribution in [0.1, 0.15) is 72.1 Å². The zero-order valence-corrected chi connectivity index (χ0v) is 27.0. The number of aliphatic hydroxyl groups excluding tert-OH is 1. The average molecular weight is 616 g/mol. The molecule has 0 bridgehead atoms. The maximum atomic E-state index is 13.0. The van der Waals surface area contributed by atoms with Crippen molar-refractivity contribution in [2.45, 2.75) is 84.6 Å². The van der Waals surface area contributed by atoms with Gasteiger partial charge >= 0.3 is 12.5 Å². The van der Waals surface area contributed by atoms with E-state index in [1.54, 1.807) is 0 Å². The topological polar surface area (TPSA) is 83.4 Å². The SMILES string of the molecule is C/C(=N\OC(=O)N(CCNCC[N+](C)(C)C)CCOC(F)(F)F)[C@H]1CC[C@H]2[C@@H]3CCC4=C[C@H](O)CC[C@]4(C)[C@H]3CC[C@]12C. The van der Waals surface area contributed by atoms with Crippen LogP contribution in [0.5, 0.6) is 0 Å². The van der Waals surface area contributed by atoms with E-state index in [4.69, 9.17) is 4.84 Å². The van der Waals surface area contributed by atoms with Crippen molar-refractivity contribution in [1.82, 2.24) is 10.2 Å². The summed E-state index contributed by atoms with van der Waals surface area (Å²) >= 11 is 0. The number of halogens is 3. The third-order valence-corrected chi connectivity index (χ3v) is 11.3. The first-order valence-electron chi connectivity index (χ1n) is 16.1. The minimum atomic E-state index is -4.76. The van der Waals surface area contributed by atoms with Gasteiger partial charge in [-0.1, -0.05) is 30.7 Å². The van der Waals surface area contributed by atoms with Gasteiger partial charge in [-0.25, -0.2) is 4.79 Å². The van der Waals surface area contributed by atoms with Gasteiger partial charge in [-0.05, 0) is 86.9 Å². The molecule has 2 N–H and O–H groups in total. The molecule has 0 radical (unpaired) electrons. The van der Waals surface area contributed by atoms with Crippen molar-refractivity contribution < 1.29 is 37.1 Å². The standard InChI is InChI=1S/C32H54F3N4O4/c1-22(37-43-29(41)38(18-20-42-32(33,34)35)17-15-36-16-19-39(4,5)6)26-9-10-27-25-8-7-23-21-24(40)11-13-30(23,2)28(25)12-14-31(26,27)3/h21,24-28,36,40H,7-20H2,1-6H3/q+1/b37-22+/t24-,25+,26-,27+,28+,30+,31-/m1/s1. The first kappa shape index (κ1) is 34.2. The highest BCUT2D eigenvalue weighted by Crippen LogP contribution is 2.66. The van der Waals surface area contributed by atoms with Crippen LogP contribution in [0.25, 0.3) is 0 Å². The molecule has 43 heavy (non-hydrogen) atoms. The first-order valence-corrected chi connectivity index (χ1v) is 16.1. The van der Waals surface area contributed by atoms with E-state index in [2.05, 4.69) is 56.3 Å². The van der Waals surface area contributed by atoms with Crippen LogP contribution in [-0.4, -0.2) is 99.2 Å². The Bertz CT molecular complexity index is 1040. The summed E-state index contributed by atoms with van der Waals surface area (Å²) in [6, 6.07) is 0. The summed E-state index contributed by atoms with van der Waals surface area (Å²) in [4.78, 5) is 19.6. The zero-order chi connectivity index (χ0) is 31.6. The monoisotopic (exact) mass is 615 g/mol. The first-order chi connectivity index (χ1) is 20.0. The Labute approximate surface area is 255 Å². The number of hydrogen-bond acceptors (Lipinski definition) is 6. The maximum Gasteiger partial charge on any atom is 0.522 e. The fourth-order valence-electron chi connectivity index (χ4n) is 8.95. The van der Waals surface area contributed by atoms with Gasteiger partial charge in [0.1, 0.15) is 0 Å². The summed E-state index contributed by atoms with van der Waals surface area (Å²) in [5.74, 6) is 2.06. The number of fused-ring (bicyclic) bond motifs is 5. The summed E-state index contributed by atoms with van der Waals surface area (Å²) in [6.45, 7) is 8.00. The van der Waals surface area contributed by atoms with Crippen molar-refractivity contribution in [3.63, 3.8) is 0 Å². The highest BCUT2D eigenvalue weighted by Gasteiger charge is 2.59. The predicted octanol–water partition coefficient (Wildman–Crippen LogP) is 5.57. The van der Waals surface area contributed by atoms with Crippen molar-refractivity contribution in [2.75, 3.05) is 60.5 Å². The van der Waals surface area contributed by atoms with E-state index >= 15 is 0 Å². The summed E-state index contributed by atoms with van der Waals surface area (Å²) in [5, 5.41) is 17.8. The van der Waals surface area contributed by atoms with Crippen LogP contribution in [0, 0.1) is 34.5 Å². The van der Waals surface area contributed by atoms with Crippen LogP contribution in [0.3, 0.4) is 0 Å². The van der Waals surface area contributed by atoms with Crippen molar-refractivity contribution in [2.24, 2.45) is 39.7 Å². The molecule has 0 spiro atoms. The Kier molecular flexibility index (Phi) is 10.6. The number of aliphatic hydroxyl groups is 1. The van der Waals surface area contributed by atoms with Gasteiger partial charge < -0.3 is 19.8 Å². The van der Waals surface area contributed by atoms with Crippen molar-refractivity contribution in [1.29, 1.82) is 0 Å². The number of oxime groups is 1. The Morgan fingerprint density at radius 2 is 1.84 bits per heavy atom. The molecule has 11 heteroatoms. The number of nitrogens with zero attached hydrogens (tertiary/aromatic N) is 3. The van der Waals surface area contributed by atoms with Gasteiger partial charge in [-0.15, -0.1) is 13.2 Å². The number of alkyl halides is 3. The van der Waals surface area contributed by atoms with Crippen LogP contribution in [-0.2, 0) is 9.57 Å². The Balaban J connectivity index is 1.37. The second kappa shape index (κ2) is 13.3. The number of quaternary nitrogens is 1. The molecular formula is C32H54F3N4O4+. The number of amides is 1. The van der Waals surface area contributed by atoms with E-state index in [9.17, 15) is 23.1 Å². The highest BCUT2D eigenvalue weighted by atomic mass is 19.4. The Morgan fingerprint density at radius 3 is 2.53 bits per heavy atom. The van der Waals surface area contributed by atoms with E-state index < -0.39 is 19.1 Å². The molecule has 3 saturated carbocycles. The third-order valence-electron chi connectivity index (χ3n) is 11.3. The number of carbonyl (C=O) groups excluding carboxylic acids is 1. The molecule has 4 rings (SSSR count). The largest absolute Gasteiger partial charge is 0.522 e. The van der Waals surface area contributed by atoms with E-state index in [0.29, 0.717) is 30.8 Å². The summed E-state index contributed by atoms with van der Waals surface area (Å²) in [7, 11) is 6.22. The molecular weight excluding hydrogens is 561 g/mol. The lowest BCUT2D eigenvalue weighted by atomic mass is 9.46. The quantitative estimate of drug-likeness (QED) is 0.0793. The minimum Gasteiger partial charge on any atom is -0.389 e. The van der Waals surface area contributed by atoms with Gasteiger partial charge in [-0.3, -0.25) is 9.57 Å². The molecule has 7 atom stereocenters. The second-order valence-corrected chi connectivity index (χ2v) is 14.9. The molecule has 0 saturated heterocycles. The van der Waals surface area contributed by atoms with Gasteiger partial charge in [0.2, 0.25) is 0 Å². The predicted molar refractivity (Wildman–Crippen MR) is 160 cm³/mol.